The fraction of sp³-hybridized carbons (Fsp3) is 0.421. The van der Waals surface area contributed by atoms with Gasteiger partial charge in [-0.15, -0.1) is 0 Å². The minimum atomic E-state index is -4.16. The molecule has 278 valence electrons. The second kappa shape index (κ2) is 16.9. The molecule has 4 aromatic rings. The van der Waals surface area contributed by atoms with Crippen molar-refractivity contribution in [3.8, 4) is 5.88 Å². The first-order chi connectivity index (χ1) is 25.1. The third-order valence-corrected chi connectivity index (χ3v) is 11.1. The number of aliphatic imine (C=N–C) groups is 1. The number of carbonyl (C=O) groups is 1. The number of sulfonamides is 1. The minimum absolute atomic E-state index is 0.00575. The van der Waals surface area contributed by atoms with E-state index >= 15 is 0 Å². The van der Waals surface area contributed by atoms with Crippen molar-refractivity contribution in [2.24, 2.45) is 16.8 Å². The van der Waals surface area contributed by atoms with Gasteiger partial charge in [0.25, 0.3) is 0 Å². The number of anilines is 1. The van der Waals surface area contributed by atoms with E-state index in [1.54, 1.807) is 6.07 Å². The number of carbonyl (C=O) groups excluding carboxylic acids is 1. The quantitative estimate of drug-likeness (QED) is 0.0820. The number of H-pyrrole nitrogens is 1. The molecular weight excluding hydrogens is 687 g/mol. The van der Waals surface area contributed by atoms with Gasteiger partial charge in [0.15, 0.2) is 12.2 Å². The van der Waals surface area contributed by atoms with Crippen LogP contribution in [0.2, 0.25) is 0 Å². The first-order valence-corrected chi connectivity index (χ1v) is 19.1. The van der Waals surface area contributed by atoms with Crippen molar-refractivity contribution in [1.82, 2.24) is 14.6 Å². The van der Waals surface area contributed by atoms with Gasteiger partial charge in [0.05, 0.1) is 48.3 Å². The maximum Gasteiger partial charge on any atom is 0.407 e. The number of amides is 1. The van der Waals surface area contributed by atoms with Gasteiger partial charge in [0.1, 0.15) is 6.10 Å². The van der Waals surface area contributed by atoms with Crippen molar-refractivity contribution in [1.29, 1.82) is 0 Å². The topological polar surface area (TPSA) is 175 Å². The zero-order chi connectivity index (χ0) is 36.7. The molecule has 0 bridgehead atoms. The molecule has 3 heterocycles. The highest BCUT2D eigenvalue weighted by atomic mass is 32.2. The van der Waals surface area contributed by atoms with E-state index in [1.807, 2.05) is 74.5 Å². The molecule has 5 atom stereocenters. The molecule has 2 aliphatic rings. The fourth-order valence-corrected chi connectivity index (χ4v) is 8.28. The molecule has 52 heavy (non-hydrogen) atoms. The molecule has 1 aromatic heterocycles. The number of hydrogen-bond donors (Lipinski definition) is 5. The molecule has 14 heteroatoms. The Labute approximate surface area is 304 Å². The Morgan fingerprint density at radius 1 is 1.08 bits per heavy atom. The molecule has 5 N–H and O–H groups in total. The molecule has 2 unspecified atom stereocenters. The molecule has 0 radical (unpaired) electrons. The summed E-state index contributed by atoms with van der Waals surface area (Å²) >= 11 is 0. The predicted molar refractivity (Wildman–Crippen MR) is 198 cm³/mol. The van der Waals surface area contributed by atoms with Crippen LogP contribution in [0.5, 0.6) is 5.88 Å². The van der Waals surface area contributed by atoms with Gasteiger partial charge in [-0.2, -0.15) is 4.31 Å². The number of nitrogens with one attached hydrogen (secondary N) is 3. The molecule has 3 aromatic carbocycles. The summed E-state index contributed by atoms with van der Waals surface area (Å²) in [4.78, 5) is 20.5. The lowest BCUT2D eigenvalue weighted by Crippen LogP contribution is -2.51. The Balaban J connectivity index is 1.19. The number of para-hydroxylation sites is 1. The average molecular weight is 734 g/mol. The van der Waals surface area contributed by atoms with Crippen LogP contribution in [0.15, 0.2) is 88.8 Å². The molecular formula is C38H47N5O8S. The van der Waals surface area contributed by atoms with E-state index in [9.17, 15) is 23.4 Å². The molecule has 2 saturated heterocycles. The number of hydrogen-bond acceptors (Lipinski definition) is 10. The lowest BCUT2D eigenvalue weighted by molar-refractivity contribution is -0.0907. The first-order valence-electron chi connectivity index (χ1n) is 17.6. The first kappa shape index (κ1) is 37.3. The zero-order valence-electron chi connectivity index (χ0n) is 29.4. The van der Waals surface area contributed by atoms with E-state index in [0.29, 0.717) is 36.2 Å². The minimum Gasteiger partial charge on any atom is -0.494 e. The molecule has 0 aliphatic carbocycles. The van der Waals surface area contributed by atoms with Crippen LogP contribution in [0.25, 0.3) is 10.9 Å². The Hall–Kier alpha value is -4.47. The number of ether oxygens (including phenoxy) is 3. The zero-order valence-corrected chi connectivity index (χ0v) is 30.2. The van der Waals surface area contributed by atoms with Crippen LogP contribution in [-0.2, 0) is 30.7 Å². The molecule has 2 aliphatic heterocycles. The van der Waals surface area contributed by atoms with Gasteiger partial charge in [-0.3, -0.25) is 4.99 Å². The maximum atomic E-state index is 14.3. The Morgan fingerprint density at radius 3 is 2.58 bits per heavy atom. The van der Waals surface area contributed by atoms with Crippen LogP contribution in [-0.4, -0.2) is 104 Å². The van der Waals surface area contributed by atoms with Crippen LogP contribution < -0.4 is 10.6 Å². The van der Waals surface area contributed by atoms with Gasteiger partial charge in [-0.1, -0.05) is 62.4 Å². The summed E-state index contributed by atoms with van der Waals surface area (Å²) in [6, 6.07) is 22.8. The number of alkyl carbamates (subject to hydrolysis) is 1. The number of aromatic nitrogens is 1. The van der Waals surface area contributed by atoms with Crippen LogP contribution in [0.3, 0.4) is 0 Å². The van der Waals surface area contributed by atoms with Gasteiger partial charge in [0.2, 0.25) is 10.0 Å². The summed E-state index contributed by atoms with van der Waals surface area (Å²) in [5.74, 6) is -0.262. The molecule has 0 saturated carbocycles. The van der Waals surface area contributed by atoms with E-state index in [4.69, 9.17) is 14.2 Å². The number of benzene rings is 3. The highest BCUT2D eigenvalue weighted by molar-refractivity contribution is 7.89. The predicted octanol–water partition coefficient (Wildman–Crippen LogP) is 4.51. The molecule has 1 amide bonds. The van der Waals surface area contributed by atoms with Crippen molar-refractivity contribution in [3.05, 3.63) is 90.0 Å². The van der Waals surface area contributed by atoms with Gasteiger partial charge >= 0.3 is 6.09 Å². The van der Waals surface area contributed by atoms with Gasteiger partial charge < -0.3 is 40.0 Å². The number of fused-ring (bicyclic) bond motifs is 2. The standard InChI is InChI=1S/C38H47N5O8S/c1-25(2)22-43(23-34(44)33(19-26-9-5-3-6-10-26)42-38(46)51-35-24-50-37-29(35)15-18-49-37)52(47,48)28-13-14-32-30(20-28)31(36(45)41-32)21-39-16-17-40-27-11-7-4-8-12-27/h3-14,20-21,25,29,33-35,37,40-41,44-45H,15-19,22-24H2,1-2H3,(H,42,46)/t29?,33-,34+,35-,37?/m0/s1. The SMILES string of the molecule is CC(C)CN(C[C@@H](O)[C@H](Cc1ccccc1)NC(=O)O[C@H]1COC2OCCC21)S(=O)(=O)c1ccc2[nH]c(O)c(C=NCCNc3ccccc3)c2c1. The van der Waals surface area contributed by atoms with Gasteiger partial charge in [-0.25, -0.2) is 13.2 Å². The molecule has 13 nitrogen and oxygen atoms in total. The highest BCUT2D eigenvalue weighted by Crippen LogP contribution is 2.33. The average Bonchev–Trinajstić information content (AvgIpc) is 3.83. The summed E-state index contributed by atoms with van der Waals surface area (Å²) in [5, 5.41) is 28.9. The number of aliphatic hydroxyl groups excluding tert-OH is 1. The van der Waals surface area contributed by atoms with E-state index in [1.165, 1.54) is 22.7 Å². The van der Waals surface area contributed by atoms with E-state index in [-0.39, 0.29) is 48.7 Å². The second-order valence-electron chi connectivity index (χ2n) is 13.6. The van der Waals surface area contributed by atoms with Crippen LogP contribution in [0.4, 0.5) is 10.5 Å². The van der Waals surface area contributed by atoms with Crippen molar-refractivity contribution >= 4 is 38.9 Å². The molecule has 2 fully saturated rings. The third kappa shape index (κ3) is 9.11. The Morgan fingerprint density at radius 2 is 1.83 bits per heavy atom. The van der Waals surface area contributed by atoms with Crippen molar-refractivity contribution in [2.75, 3.05) is 44.7 Å². The van der Waals surface area contributed by atoms with Gasteiger partial charge in [-0.05, 0) is 54.7 Å². The lowest BCUT2D eigenvalue weighted by atomic mass is 10.0. The summed E-state index contributed by atoms with van der Waals surface area (Å²) in [6.45, 7) is 5.36. The number of rotatable bonds is 16. The number of aromatic amines is 1. The van der Waals surface area contributed by atoms with Crippen LogP contribution >= 0.6 is 0 Å². The smallest absolute Gasteiger partial charge is 0.407 e. The summed E-state index contributed by atoms with van der Waals surface area (Å²) in [7, 11) is -4.16. The van der Waals surface area contributed by atoms with Crippen molar-refractivity contribution < 1.29 is 37.6 Å². The van der Waals surface area contributed by atoms with Crippen LogP contribution in [0, 0.1) is 11.8 Å². The van der Waals surface area contributed by atoms with Gasteiger partial charge in [0, 0.05) is 42.4 Å². The monoisotopic (exact) mass is 733 g/mol. The van der Waals surface area contributed by atoms with E-state index < -0.39 is 40.7 Å². The fourth-order valence-electron chi connectivity index (χ4n) is 6.63. The van der Waals surface area contributed by atoms with E-state index in [2.05, 4.69) is 20.6 Å². The molecule has 6 rings (SSSR count). The largest absolute Gasteiger partial charge is 0.494 e. The normalized spacial score (nSPS) is 20.1. The number of nitrogens with zero attached hydrogens (tertiary/aromatic N) is 2. The Kier molecular flexibility index (Phi) is 12.1. The number of aliphatic hydroxyl groups is 1. The summed E-state index contributed by atoms with van der Waals surface area (Å²) in [6.07, 6.45) is -0.403. The van der Waals surface area contributed by atoms with Crippen LogP contribution in [0.1, 0.15) is 31.4 Å². The van der Waals surface area contributed by atoms with E-state index in [0.717, 1.165) is 17.7 Å². The third-order valence-electron chi connectivity index (χ3n) is 9.26. The number of aromatic hydroxyl groups is 1. The maximum absolute atomic E-state index is 14.3. The lowest BCUT2D eigenvalue weighted by Gasteiger charge is -2.31. The Bertz CT molecular complexity index is 1920. The highest BCUT2D eigenvalue weighted by Gasteiger charge is 2.44. The van der Waals surface area contributed by atoms with Crippen molar-refractivity contribution in [3.63, 3.8) is 0 Å². The summed E-state index contributed by atoms with van der Waals surface area (Å²) in [5.41, 5.74) is 2.74. The van der Waals surface area contributed by atoms with Crippen molar-refractivity contribution in [2.45, 2.75) is 56.1 Å². The molecule has 0 spiro atoms. The summed E-state index contributed by atoms with van der Waals surface area (Å²) < 4.78 is 46.7. The second-order valence-corrected chi connectivity index (χ2v) is 15.6.